The Morgan fingerprint density at radius 3 is 2.73 bits per heavy atom. The van der Waals surface area contributed by atoms with Crippen LogP contribution in [0.2, 0.25) is 0 Å². The lowest BCUT2D eigenvalue weighted by Crippen LogP contribution is -2.60. The molecule has 2 heterocycles. The molecule has 8 heteroatoms. The number of aliphatic hydroxyl groups is 1. The summed E-state index contributed by atoms with van der Waals surface area (Å²) in [5.41, 5.74) is 5.49. The van der Waals surface area contributed by atoms with E-state index >= 15 is 0 Å². The van der Waals surface area contributed by atoms with Crippen molar-refractivity contribution >= 4 is 10.8 Å². The number of rotatable bonds is 7. The molecule has 0 saturated carbocycles. The monoisotopic (exact) mass is 363 g/mol. The molecular formula is C18H27N4O4+. The first-order valence-electron chi connectivity index (χ1n) is 8.96. The van der Waals surface area contributed by atoms with Gasteiger partial charge < -0.3 is 24.8 Å². The van der Waals surface area contributed by atoms with Crippen LogP contribution in [0.3, 0.4) is 0 Å². The van der Waals surface area contributed by atoms with E-state index in [-0.39, 0.29) is 5.56 Å². The van der Waals surface area contributed by atoms with Crippen LogP contribution in [0.15, 0.2) is 29.1 Å². The van der Waals surface area contributed by atoms with E-state index in [1.54, 1.807) is 13.1 Å². The third kappa shape index (κ3) is 4.21. The highest BCUT2D eigenvalue weighted by Gasteiger charge is 2.31. The fraction of sp³-hybridized carbons (Fsp3) is 0.556. The van der Waals surface area contributed by atoms with Crippen molar-refractivity contribution in [3.05, 3.63) is 34.6 Å². The van der Waals surface area contributed by atoms with Crippen LogP contribution in [0.1, 0.15) is 6.42 Å². The third-order valence-corrected chi connectivity index (χ3v) is 4.93. The van der Waals surface area contributed by atoms with Crippen molar-refractivity contribution in [2.45, 2.75) is 12.6 Å². The number of hydrogen-bond acceptors (Lipinski definition) is 6. The van der Waals surface area contributed by atoms with E-state index < -0.39 is 6.23 Å². The van der Waals surface area contributed by atoms with E-state index in [0.29, 0.717) is 37.6 Å². The van der Waals surface area contributed by atoms with Crippen LogP contribution in [0.4, 0.5) is 0 Å². The maximum Gasteiger partial charge on any atom is 0.274 e. The molecule has 1 aliphatic heterocycles. The smallest absolute Gasteiger partial charge is 0.274 e. The zero-order valence-corrected chi connectivity index (χ0v) is 15.1. The molecule has 1 unspecified atom stereocenters. The van der Waals surface area contributed by atoms with Crippen molar-refractivity contribution in [3.8, 4) is 5.88 Å². The van der Waals surface area contributed by atoms with E-state index in [9.17, 15) is 9.90 Å². The summed E-state index contributed by atoms with van der Waals surface area (Å²) in [5.74, 6) is 0.468. The number of benzene rings is 1. The number of hydrogen-bond donors (Lipinski definition) is 2. The zero-order valence-electron chi connectivity index (χ0n) is 15.1. The predicted octanol–water partition coefficient (Wildman–Crippen LogP) is -0.173. The topological polar surface area (TPSA) is 99.6 Å². The van der Waals surface area contributed by atoms with Gasteiger partial charge in [-0.2, -0.15) is 0 Å². The molecule has 0 aliphatic carbocycles. The first-order valence-corrected chi connectivity index (χ1v) is 8.96. The van der Waals surface area contributed by atoms with Gasteiger partial charge in [0.2, 0.25) is 5.88 Å². The van der Waals surface area contributed by atoms with Gasteiger partial charge in [0, 0.05) is 13.5 Å². The van der Waals surface area contributed by atoms with Gasteiger partial charge in [-0.1, -0.05) is 12.1 Å². The summed E-state index contributed by atoms with van der Waals surface area (Å²) in [5, 5.41) is 15.2. The lowest BCUT2D eigenvalue weighted by atomic mass is 10.2. The van der Waals surface area contributed by atoms with Crippen LogP contribution in [-0.2, 0) is 11.8 Å². The summed E-state index contributed by atoms with van der Waals surface area (Å²) in [7, 11) is 1.62. The van der Waals surface area contributed by atoms with Gasteiger partial charge >= 0.3 is 0 Å². The Morgan fingerprint density at radius 2 is 2.04 bits per heavy atom. The quantitative estimate of drug-likeness (QED) is 0.402. The van der Waals surface area contributed by atoms with Gasteiger partial charge in [0.1, 0.15) is 19.6 Å². The van der Waals surface area contributed by atoms with E-state index in [2.05, 4.69) is 5.10 Å². The van der Waals surface area contributed by atoms with Gasteiger partial charge in [-0.15, -0.1) is 5.10 Å². The van der Waals surface area contributed by atoms with Gasteiger partial charge in [0.25, 0.3) is 5.56 Å². The number of aliphatic hydroxyl groups excluding tert-OH is 1. The van der Waals surface area contributed by atoms with Crippen molar-refractivity contribution in [1.29, 1.82) is 0 Å². The Labute approximate surface area is 152 Å². The number of nitrogens with zero attached hydrogens (tertiary/aromatic N) is 3. The number of nitrogens with two attached hydrogens (primary N) is 1. The van der Waals surface area contributed by atoms with Crippen molar-refractivity contribution < 1.29 is 19.1 Å². The first-order chi connectivity index (χ1) is 12.5. The molecule has 26 heavy (non-hydrogen) atoms. The second-order valence-corrected chi connectivity index (χ2v) is 6.86. The van der Waals surface area contributed by atoms with Crippen LogP contribution in [0.5, 0.6) is 5.88 Å². The number of aryl methyl sites for hydroxylation is 1. The van der Waals surface area contributed by atoms with Gasteiger partial charge in [-0.3, -0.25) is 4.79 Å². The molecule has 2 aromatic rings. The molecule has 8 nitrogen and oxygen atoms in total. The summed E-state index contributed by atoms with van der Waals surface area (Å²) in [4.78, 5) is 12.2. The first kappa shape index (κ1) is 18.8. The molecule has 0 bridgehead atoms. The highest BCUT2D eigenvalue weighted by atomic mass is 16.5. The van der Waals surface area contributed by atoms with Crippen molar-refractivity contribution in [3.63, 3.8) is 0 Å². The van der Waals surface area contributed by atoms with E-state index in [0.717, 1.165) is 35.9 Å². The average Bonchev–Trinajstić information content (AvgIpc) is 2.63. The number of fused-ring (bicyclic) bond motifs is 1. The molecule has 0 amide bonds. The van der Waals surface area contributed by atoms with Crippen LogP contribution in [-0.4, -0.2) is 71.6 Å². The van der Waals surface area contributed by atoms with Crippen LogP contribution in [0, 0.1) is 0 Å². The number of quaternary nitrogens is 1. The van der Waals surface area contributed by atoms with Crippen LogP contribution in [0.25, 0.3) is 10.8 Å². The SMILES string of the molecule is Cn1nc(OCCC[N+]2(CC(N)O)CCOCC2)c2ccccc2c1=O. The minimum absolute atomic E-state index is 0.136. The highest BCUT2D eigenvalue weighted by Crippen LogP contribution is 2.20. The molecule has 1 fully saturated rings. The molecule has 0 spiro atoms. The molecule has 1 aromatic heterocycles. The third-order valence-electron chi connectivity index (χ3n) is 4.93. The minimum atomic E-state index is -0.830. The largest absolute Gasteiger partial charge is 0.476 e. The fourth-order valence-electron chi connectivity index (χ4n) is 3.57. The summed E-state index contributed by atoms with van der Waals surface area (Å²) >= 11 is 0. The maximum absolute atomic E-state index is 12.2. The number of ether oxygens (including phenoxy) is 2. The molecule has 3 N–H and O–H groups in total. The van der Waals surface area contributed by atoms with Crippen molar-refractivity contribution in [2.24, 2.45) is 12.8 Å². The Kier molecular flexibility index (Phi) is 5.87. The van der Waals surface area contributed by atoms with Gasteiger partial charge in [0.15, 0.2) is 6.23 Å². The van der Waals surface area contributed by atoms with Crippen LogP contribution >= 0.6 is 0 Å². The second-order valence-electron chi connectivity index (χ2n) is 6.86. The van der Waals surface area contributed by atoms with Crippen LogP contribution < -0.4 is 16.0 Å². The fourth-order valence-corrected chi connectivity index (χ4v) is 3.57. The lowest BCUT2D eigenvalue weighted by molar-refractivity contribution is -0.937. The Morgan fingerprint density at radius 1 is 1.35 bits per heavy atom. The van der Waals surface area contributed by atoms with Gasteiger partial charge in [-0.25, -0.2) is 4.68 Å². The summed E-state index contributed by atoms with van der Waals surface area (Å²) < 4.78 is 13.4. The summed E-state index contributed by atoms with van der Waals surface area (Å²) in [6, 6.07) is 7.33. The molecule has 1 saturated heterocycles. The van der Waals surface area contributed by atoms with E-state index in [4.69, 9.17) is 15.2 Å². The molecular weight excluding hydrogens is 336 g/mol. The highest BCUT2D eigenvalue weighted by molar-refractivity contribution is 5.85. The minimum Gasteiger partial charge on any atom is -0.476 e. The molecule has 0 radical (unpaired) electrons. The van der Waals surface area contributed by atoms with E-state index in [1.807, 2.05) is 18.2 Å². The van der Waals surface area contributed by atoms with Crippen molar-refractivity contribution in [1.82, 2.24) is 9.78 Å². The van der Waals surface area contributed by atoms with E-state index in [1.165, 1.54) is 4.68 Å². The summed E-state index contributed by atoms with van der Waals surface area (Å²) in [6.45, 7) is 4.90. The zero-order chi connectivity index (χ0) is 18.6. The lowest BCUT2D eigenvalue weighted by Gasteiger charge is -2.42. The predicted molar refractivity (Wildman–Crippen MR) is 97.8 cm³/mol. The molecule has 3 rings (SSSR count). The Hall–Kier alpha value is -2.00. The molecule has 1 aromatic carbocycles. The average molecular weight is 363 g/mol. The second kappa shape index (κ2) is 8.13. The Bertz CT molecular complexity index is 799. The standard InChI is InChI=1S/C18H27N4O4/c1-21-18(24)15-6-3-2-5-14(15)17(20-21)26-10-4-7-22(13-16(19)23)8-11-25-12-9-22/h2-3,5-6,16,23H,4,7-13,19H2,1H3/q+1. The summed E-state index contributed by atoms with van der Waals surface area (Å²) in [6.07, 6.45) is -0.0331. The Balaban J connectivity index is 1.65. The maximum atomic E-state index is 12.2. The molecule has 1 atom stereocenters. The molecule has 1 aliphatic rings. The van der Waals surface area contributed by atoms with Gasteiger partial charge in [0.05, 0.1) is 37.1 Å². The number of aromatic nitrogens is 2. The normalized spacial score (nSPS) is 18.0. The number of morpholine rings is 1. The van der Waals surface area contributed by atoms with Gasteiger partial charge in [-0.05, 0) is 12.1 Å². The van der Waals surface area contributed by atoms with Crippen molar-refractivity contribution in [2.75, 3.05) is 46.0 Å². The molecule has 142 valence electrons.